The molecule has 0 saturated heterocycles. The van der Waals surface area contributed by atoms with Gasteiger partial charge in [0.05, 0.1) is 6.61 Å². The van der Waals surface area contributed by atoms with E-state index in [9.17, 15) is 4.79 Å². The topological polar surface area (TPSA) is 61.5 Å². The largest absolute Gasteiger partial charge is 0.460 e. The van der Waals surface area contributed by atoms with Crippen LogP contribution in [-0.2, 0) is 20.9 Å². The van der Waals surface area contributed by atoms with Crippen LogP contribution in [0.5, 0.6) is 0 Å². The fraction of sp³-hybridized carbons (Fsp3) is 0.533. The second-order valence-electron chi connectivity index (χ2n) is 4.96. The zero-order valence-electron chi connectivity index (χ0n) is 11.7. The van der Waals surface area contributed by atoms with Gasteiger partial charge < -0.3 is 15.2 Å². The number of nitrogens with two attached hydrogens (primary N) is 1. The fourth-order valence-corrected chi connectivity index (χ4v) is 1.43. The summed E-state index contributed by atoms with van der Waals surface area (Å²) in [5, 5.41) is 0. The molecule has 1 aromatic carbocycles. The molecule has 1 aromatic rings. The van der Waals surface area contributed by atoms with Crippen LogP contribution in [0.1, 0.15) is 25.8 Å². The molecule has 1 rings (SSSR count). The van der Waals surface area contributed by atoms with E-state index < -0.39 is 12.0 Å². The minimum absolute atomic E-state index is 0.209. The van der Waals surface area contributed by atoms with Crippen molar-refractivity contribution in [2.24, 2.45) is 11.7 Å². The van der Waals surface area contributed by atoms with E-state index in [1.165, 1.54) is 0 Å². The summed E-state index contributed by atoms with van der Waals surface area (Å²) in [6.07, 6.45) is 0.964. The van der Waals surface area contributed by atoms with Gasteiger partial charge in [0.1, 0.15) is 12.6 Å². The van der Waals surface area contributed by atoms with Crippen LogP contribution in [0.15, 0.2) is 30.3 Å². The number of rotatable bonds is 8. The highest BCUT2D eigenvalue weighted by Gasteiger charge is 2.15. The fourth-order valence-electron chi connectivity index (χ4n) is 1.43. The lowest BCUT2D eigenvalue weighted by atomic mass is 10.1. The van der Waals surface area contributed by atoms with Gasteiger partial charge in [0.15, 0.2) is 0 Å². The summed E-state index contributed by atoms with van der Waals surface area (Å²) < 4.78 is 10.5. The molecule has 0 spiro atoms. The molecule has 106 valence electrons. The lowest BCUT2D eigenvalue weighted by Crippen LogP contribution is -2.36. The van der Waals surface area contributed by atoms with Crippen LogP contribution >= 0.6 is 0 Å². The SMILES string of the molecule is CC(C)CCOC[C@H](N)C(=O)OCc1ccccc1. The van der Waals surface area contributed by atoms with Gasteiger partial charge in [0, 0.05) is 6.61 Å². The first-order valence-corrected chi connectivity index (χ1v) is 6.63. The van der Waals surface area contributed by atoms with Crippen molar-refractivity contribution in [1.82, 2.24) is 0 Å². The standard InChI is InChI=1S/C15H23NO3/c1-12(2)8-9-18-11-14(16)15(17)19-10-13-6-4-3-5-7-13/h3-7,12,14H,8-11,16H2,1-2H3/t14-/m0/s1. The Morgan fingerprint density at radius 3 is 2.58 bits per heavy atom. The maximum atomic E-state index is 11.6. The van der Waals surface area contributed by atoms with E-state index in [4.69, 9.17) is 15.2 Å². The van der Waals surface area contributed by atoms with E-state index in [1.54, 1.807) is 0 Å². The molecular formula is C15H23NO3. The van der Waals surface area contributed by atoms with E-state index in [-0.39, 0.29) is 13.2 Å². The molecule has 0 amide bonds. The van der Waals surface area contributed by atoms with Crippen molar-refractivity contribution < 1.29 is 14.3 Å². The third-order valence-electron chi connectivity index (χ3n) is 2.66. The Morgan fingerprint density at radius 2 is 1.95 bits per heavy atom. The third kappa shape index (κ3) is 6.94. The van der Waals surface area contributed by atoms with Gasteiger partial charge in [-0.2, -0.15) is 0 Å². The number of carbonyl (C=O) groups excluding carboxylic acids is 1. The molecule has 0 aliphatic carbocycles. The number of hydrogen-bond acceptors (Lipinski definition) is 4. The quantitative estimate of drug-likeness (QED) is 0.577. The molecular weight excluding hydrogens is 242 g/mol. The first-order chi connectivity index (χ1) is 9.09. The number of carbonyl (C=O) groups is 1. The molecule has 4 heteroatoms. The third-order valence-corrected chi connectivity index (χ3v) is 2.66. The second-order valence-corrected chi connectivity index (χ2v) is 4.96. The average Bonchev–Trinajstić information content (AvgIpc) is 2.41. The Bertz CT molecular complexity index is 365. The highest BCUT2D eigenvalue weighted by molar-refractivity contribution is 5.75. The van der Waals surface area contributed by atoms with Crippen molar-refractivity contribution >= 4 is 5.97 Å². The van der Waals surface area contributed by atoms with Crippen LogP contribution in [0.2, 0.25) is 0 Å². The van der Waals surface area contributed by atoms with Crippen LogP contribution in [0.3, 0.4) is 0 Å². The molecule has 0 unspecified atom stereocenters. The van der Waals surface area contributed by atoms with Crippen molar-refractivity contribution in [2.75, 3.05) is 13.2 Å². The molecule has 1 atom stereocenters. The number of benzene rings is 1. The number of esters is 1. The highest BCUT2D eigenvalue weighted by atomic mass is 16.5. The molecule has 0 heterocycles. The van der Waals surface area contributed by atoms with Gasteiger partial charge in [-0.25, -0.2) is 0 Å². The van der Waals surface area contributed by atoms with E-state index in [0.29, 0.717) is 12.5 Å². The smallest absolute Gasteiger partial charge is 0.325 e. The Hall–Kier alpha value is -1.39. The van der Waals surface area contributed by atoms with Crippen LogP contribution < -0.4 is 5.73 Å². The zero-order valence-corrected chi connectivity index (χ0v) is 11.7. The lowest BCUT2D eigenvalue weighted by Gasteiger charge is -2.12. The number of hydrogen-bond donors (Lipinski definition) is 1. The van der Waals surface area contributed by atoms with Gasteiger partial charge in [-0.15, -0.1) is 0 Å². The maximum absolute atomic E-state index is 11.6. The van der Waals surface area contributed by atoms with Crippen molar-refractivity contribution in [3.63, 3.8) is 0 Å². The van der Waals surface area contributed by atoms with Gasteiger partial charge in [-0.05, 0) is 17.9 Å². The van der Waals surface area contributed by atoms with E-state index in [2.05, 4.69) is 13.8 Å². The van der Waals surface area contributed by atoms with Gasteiger partial charge in [-0.1, -0.05) is 44.2 Å². The Kier molecular flexibility index (Phi) is 7.15. The highest BCUT2D eigenvalue weighted by Crippen LogP contribution is 2.02. The van der Waals surface area contributed by atoms with Crippen molar-refractivity contribution in [2.45, 2.75) is 32.9 Å². The zero-order chi connectivity index (χ0) is 14.1. The Balaban J connectivity index is 2.18. The minimum atomic E-state index is -0.712. The molecule has 4 nitrogen and oxygen atoms in total. The predicted molar refractivity (Wildman–Crippen MR) is 74.5 cm³/mol. The molecule has 0 fully saturated rings. The molecule has 0 aliphatic heterocycles. The van der Waals surface area contributed by atoms with Crippen molar-refractivity contribution in [3.05, 3.63) is 35.9 Å². The molecule has 0 radical (unpaired) electrons. The molecule has 2 N–H and O–H groups in total. The summed E-state index contributed by atoms with van der Waals surface area (Å²) in [7, 11) is 0. The molecule has 0 bridgehead atoms. The summed E-state index contributed by atoms with van der Waals surface area (Å²) in [5.74, 6) is 0.162. The van der Waals surface area contributed by atoms with Gasteiger partial charge >= 0.3 is 5.97 Å². The molecule has 19 heavy (non-hydrogen) atoms. The van der Waals surface area contributed by atoms with Gasteiger partial charge in [0.2, 0.25) is 0 Å². The maximum Gasteiger partial charge on any atom is 0.325 e. The molecule has 0 aliphatic rings. The first-order valence-electron chi connectivity index (χ1n) is 6.63. The molecule has 0 aromatic heterocycles. The Morgan fingerprint density at radius 1 is 1.26 bits per heavy atom. The molecule has 0 saturated carbocycles. The van der Waals surface area contributed by atoms with E-state index in [0.717, 1.165) is 12.0 Å². The normalized spacial score (nSPS) is 12.4. The Labute approximate surface area is 114 Å². The van der Waals surface area contributed by atoms with E-state index >= 15 is 0 Å². The summed E-state index contributed by atoms with van der Waals surface area (Å²) >= 11 is 0. The van der Waals surface area contributed by atoms with Crippen LogP contribution in [0.25, 0.3) is 0 Å². The monoisotopic (exact) mass is 265 g/mol. The van der Waals surface area contributed by atoms with Crippen molar-refractivity contribution in [3.8, 4) is 0 Å². The van der Waals surface area contributed by atoms with E-state index in [1.807, 2.05) is 30.3 Å². The van der Waals surface area contributed by atoms with Crippen LogP contribution in [0.4, 0.5) is 0 Å². The van der Waals surface area contributed by atoms with Gasteiger partial charge in [-0.3, -0.25) is 4.79 Å². The first kappa shape index (κ1) is 15.7. The minimum Gasteiger partial charge on any atom is -0.460 e. The summed E-state index contributed by atoms with van der Waals surface area (Å²) in [6, 6.07) is 8.81. The van der Waals surface area contributed by atoms with Crippen LogP contribution in [0, 0.1) is 5.92 Å². The van der Waals surface area contributed by atoms with Crippen molar-refractivity contribution in [1.29, 1.82) is 0 Å². The average molecular weight is 265 g/mol. The lowest BCUT2D eigenvalue weighted by molar-refractivity contribution is -0.148. The number of ether oxygens (including phenoxy) is 2. The summed E-state index contributed by atoms with van der Waals surface area (Å²) in [6.45, 7) is 5.33. The summed E-state index contributed by atoms with van der Waals surface area (Å²) in [4.78, 5) is 11.6. The van der Waals surface area contributed by atoms with Crippen LogP contribution in [-0.4, -0.2) is 25.2 Å². The van der Waals surface area contributed by atoms with Gasteiger partial charge in [0.25, 0.3) is 0 Å². The summed E-state index contributed by atoms with van der Waals surface area (Å²) in [5.41, 5.74) is 6.65. The predicted octanol–water partition coefficient (Wildman–Crippen LogP) is 2.12. The second kappa shape index (κ2) is 8.67.